The van der Waals surface area contributed by atoms with Crippen LogP contribution in [-0.2, 0) is 4.79 Å². The van der Waals surface area contributed by atoms with Gasteiger partial charge in [0, 0.05) is 18.3 Å². The van der Waals surface area contributed by atoms with Crippen LogP contribution in [0, 0.1) is 11.3 Å². The van der Waals surface area contributed by atoms with Crippen LogP contribution >= 0.6 is 0 Å². The number of para-hydroxylation sites is 1. The zero-order valence-electron chi connectivity index (χ0n) is 11.4. The molecule has 21 heavy (non-hydrogen) atoms. The minimum absolute atomic E-state index is 0.0319. The van der Waals surface area contributed by atoms with E-state index in [0.29, 0.717) is 12.1 Å². The van der Waals surface area contributed by atoms with Gasteiger partial charge >= 0.3 is 0 Å². The number of hydrogen-bond acceptors (Lipinski definition) is 3. The maximum Gasteiger partial charge on any atom is 0.262 e. The maximum absolute atomic E-state index is 11.7. The summed E-state index contributed by atoms with van der Waals surface area (Å²) < 4.78 is 1.68. The number of nitriles is 1. The van der Waals surface area contributed by atoms with Crippen LogP contribution in [0.2, 0.25) is 0 Å². The molecule has 104 valence electrons. The number of rotatable bonds is 5. The van der Waals surface area contributed by atoms with Crippen molar-refractivity contribution in [1.29, 1.82) is 5.26 Å². The van der Waals surface area contributed by atoms with Gasteiger partial charge in [-0.3, -0.25) is 4.79 Å². The molecule has 1 aromatic carbocycles. The van der Waals surface area contributed by atoms with E-state index in [4.69, 9.17) is 5.26 Å². The van der Waals surface area contributed by atoms with E-state index in [9.17, 15) is 4.79 Å². The highest BCUT2D eigenvalue weighted by Gasteiger charge is 2.08. The highest BCUT2D eigenvalue weighted by Crippen LogP contribution is 2.10. The highest BCUT2D eigenvalue weighted by molar-refractivity contribution is 6.01. The van der Waals surface area contributed by atoms with Gasteiger partial charge in [0.1, 0.15) is 11.6 Å². The largest absolute Gasteiger partial charge is 0.348 e. The third kappa shape index (κ3) is 3.67. The molecule has 1 N–H and O–H groups in total. The molecule has 0 fully saturated rings. The van der Waals surface area contributed by atoms with Gasteiger partial charge in [0.2, 0.25) is 0 Å². The van der Waals surface area contributed by atoms with E-state index >= 15 is 0 Å². The lowest BCUT2D eigenvalue weighted by molar-refractivity contribution is -0.116. The lowest BCUT2D eigenvalue weighted by Gasteiger charge is -1.99. The van der Waals surface area contributed by atoms with Crippen molar-refractivity contribution in [3.05, 3.63) is 66.5 Å². The number of amides is 1. The normalized spacial score (nSPS) is 10.7. The van der Waals surface area contributed by atoms with Crippen LogP contribution in [-0.4, -0.2) is 22.2 Å². The Balaban J connectivity index is 2.21. The van der Waals surface area contributed by atoms with Gasteiger partial charge in [-0.15, -0.1) is 6.58 Å². The molecule has 0 aliphatic heterocycles. The average Bonchev–Trinajstić information content (AvgIpc) is 2.99. The molecule has 0 aliphatic carbocycles. The van der Waals surface area contributed by atoms with Crippen molar-refractivity contribution < 1.29 is 4.79 Å². The molecule has 2 aromatic rings. The lowest BCUT2D eigenvalue weighted by Crippen LogP contribution is -2.24. The Morgan fingerprint density at radius 2 is 2.19 bits per heavy atom. The second-order valence-electron chi connectivity index (χ2n) is 4.22. The number of carbonyl (C=O) groups excluding carboxylic acids is 1. The molecular weight excluding hydrogens is 264 g/mol. The van der Waals surface area contributed by atoms with Gasteiger partial charge in [0.25, 0.3) is 5.91 Å². The van der Waals surface area contributed by atoms with E-state index in [0.717, 1.165) is 5.69 Å². The zero-order valence-corrected chi connectivity index (χ0v) is 11.4. The van der Waals surface area contributed by atoms with Crippen LogP contribution in [0.4, 0.5) is 0 Å². The van der Waals surface area contributed by atoms with Gasteiger partial charge in [-0.2, -0.15) is 10.4 Å². The minimum atomic E-state index is -0.426. The number of hydrogen-bond donors (Lipinski definition) is 1. The van der Waals surface area contributed by atoms with Crippen LogP contribution in [0.1, 0.15) is 5.56 Å². The molecule has 1 amide bonds. The van der Waals surface area contributed by atoms with Crippen LogP contribution in [0.5, 0.6) is 0 Å². The summed E-state index contributed by atoms with van der Waals surface area (Å²) in [6, 6.07) is 11.5. The molecule has 2 rings (SSSR count). The summed E-state index contributed by atoms with van der Waals surface area (Å²) in [5.74, 6) is -0.426. The number of nitrogens with zero attached hydrogens (tertiary/aromatic N) is 3. The Bertz CT molecular complexity index is 707. The summed E-state index contributed by atoms with van der Waals surface area (Å²) >= 11 is 0. The SMILES string of the molecule is C=CCNC(=O)/C(C#N)=C/c1cnn(-c2ccccc2)c1. The van der Waals surface area contributed by atoms with E-state index in [1.807, 2.05) is 36.4 Å². The molecule has 5 nitrogen and oxygen atoms in total. The molecule has 1 aromatic heterocycles. The molecule has 0 saturated heterocycles. The minimum Gasteiger partial charge on any atom is -0.348 e. The van der Waals surface area contributed by atoms with Crippen LogP contribution in [0.15, 0.2) is 61.0 Å². The molecule has 0 unspecified atom stereocenters. The van der Waals surface area contributed by atoms with Crippen LogP contribution in [0.3, 0.4) is 0 Å². The molecule has 0 atom stereocenters. The van der Waals surface area contributed by atoms with E-state index in [1.165, 1.54) is 6.08 Å². The number of nitrogens with one attached hydrogen (secondary N) is 1. The van der Waals surface area contributed by atoms with Gasteiger partial charge in [-0.1, -0.05) is 24.3 Å². The first kappa shape index (κ1) is 14.3. The van der Waals surface area contributed by atoms with E-state index in [1.54, 1.807) is 23.2 Å². The van der Waals surface area contributed by atoms with E-state index < -0.39 is 5.91 Å². The maximum atomic E-state index is 11.7. The Kier molecular flexibility index (Phi) is 4.67. The summed E-state index contributed by atoms with van der Waals surface area (Å²) in [6.07, 6.45) is 6.42. The molecule has 0 radical (unpaired) electrons. The van der Waals surface area contributed by atoms with Gasteiger partial charge < -0.3 is 5.32 Å². The fraction of sp³-hybridized carbons (Fsp3) is 0.0625. The predicted octanol–water partition coefficient (Wildman–Crippen LogP) is 2.08. The molecule has 1 heterocycles. The summed E-state index contributed by atoms with van der Waals surface area (Å²) in [6.45, 7) is 3.83. The topological polar surface area (TPSA) is 70.7 Å². The summed E-state index contributed by atoms with van der Waals surface area (Å²) in [5.41, 5.74) is 1.63. The second kappa shape index (κ2) is 6.87. The van der Waals surface area contributed by atoms with Gasteiger partial charge in [0.05, 0.1) is 11.9 Å². The first-order valence-corrected chi connectivity index (χ1v) is 6.35. The van der Waals surface area contributed by atoms with Crippen molar-refractivity contribution in [2.45, 2.75) is 0 Å². The number of carbonyl (C=O) groups is 1. The van der Waals surface area contributed by atoms with E-state index in [-0.39, 0.29) is 5.57 Å². The van der Waals surface area contributed by atoms with Crippen molar-refractivity contribution >= 4 is 12.0 Å². The summed E-state index contributed by atoms with van der Waals surface area (Å²) in [4.78, 5) is 11.7. The summed E-state index contributed by atoms with van der Waals surface area (Å²) in [7, 11) is 0. The smallest absolute Gasteiger partial charge is 0.262 e. The molecule has 0 spiro atoms. The fourth-order valence-corrected chi connectivity index (χ4v) is 1.71. The Hall–Kier alpha value is -3.13. The third-order valence-corrected chi connectivity index (χ3v) is 2.71. The second-order valence-corrected chi connectivity index (χ2v) is 4.22. The molecule has 5 heteroatoms. The van der Waals surface area contributed by atoms with Gasteiger partial charge in [-0.25, -0.2) is 4.68 Å². The highest BCUT2D eigenvalue weighted by atomic mass is 16.1. The van der Waals surface area contributed by atoms with Crippen molar-refractivity contribution in [3.63, 3.8) is 0 Å². The fourth-order valence-electron chi connectivity index (χ4n) is 1.71. The third-order valence-electron chi connectivity index (χ3n) is 2.71. The lowest BCUT2D eigenvalue weighted by atomic mass is 10.2. The number of aromatic nitrogens is 2. The Labute approximate surface area is 122 Å². The summed E-state index contributed by atoms with van der Waals surface area (Å²) in [5, 5.41) is 15.8. The predicted molar refractivity (Wildman–Crippen MR) is 80.4 cm³/mol. The molecule has 0 bridgehead atoms. The number of benzene rings is 1. The molecule has 0 aliphatic rings. The Morgan fingerprint density at radius 3 is 2.86 bits per heavy atom. The molecule has 0 saturated carbocycles. The first-order valence-electron chi connectivity index (χ1n) is 6.35. The van der Waals surface area contributed by atoms with Gasteiger partial charge in [0.15, 0.2) is 0 Å². The quantitative estimate of drug-likeness (QED) is 0.517. The van der Waals surface area contributed by atoms with Crippen molar-refractivity contribution in [1.82, 2.24) is 15.1 Å². The van der Waals surface area contributed by atoms with Crippen molar-refractivity contribution in [2.75, 3.05) is 6.54 Å². The van der Waals surface area contributed by atoms with Crippen LogP contribution in [0.25, 0.3) is 11.8 Å². The van der Waals surface area contributed by atoms with E-state index in [2.05, 4.69) is 17.0 Å². The Morgan fingerprint density at radius 1 is 1.43 bits per heavy atom. The monoisotopic (exact) mass is 278 g/mol. The van der Waals surface area contributed by atoms with Crippen molar-refractivity contribution in [3.8, 4) is 11.8 Å². The van der Waals surface area contributed by atoms with Crippen molar-refractivity contribution in [2.24, 2.45) is 0 Å². The zero-order chi connectivity index (χ0) is 15.1. The molecular formula is C16H14N4O. The van der Waals surface area contributed by atoms with Crippen LogP contribution < -0.4 is 5.32 Å². The average molecular weight is 278 g/mol. The first-order chi connectivity index (χ1) is 10.2. The standard InChI is InChI=1S/C16H14N4O/c1-2-8-18-16(21)14(10-17)9-13-11-19-20(12-13)15-6-4-3-5-7-15/h2-7,9,11-12H,1,8H2,(H,18,21)/b14-9+. The van der Waals surface area contributed by atoms with Gasteiger partial charge in [-0.05, 0) is 18.2 Å².